The molecule has 1 aliphatic heterocycles. The summed E-state index contributed by atoms with van der Waals surface area (Å²) in [6.07, 6.45) is 0.623. The van der Waals surface area contributed by atoms with Crippen molar-refractivity contribution in [1.29, 1.82) is 5.26 Å². The number of hydrogen-bond acceptors (Lipinski definition) is 4. The average molecular weight is 265 g/mol. The molecule has 1 aliphatic rings. The highest BCUT2D eigenvalue weighted by molar-refractivity contribution is 7.93. The molecular weight excluding hydrogens is 250 g/mol. The molecule has 0 amide bonds. The van der Waals surface area contributed by atoms with Crippen molar-refractivity contribution in [2.75, 3.05) is 10.0 Å². The van der Waals surface area contributed by atoms with E-state index in [1.54, 1.807) is 24.3 Å². The third-order valence-corrected chi connectivity index (χ3v) is 5.26. The zero-order chi connectivity index (χ0) is 13.5. The van der Waals surface area contributed by atoms with E-state index in [0.29, 0.717) is 17.8 Å². The summed E-state index contributed by atoms with van der Waals surface area (Å²) in [7, 11) is -3.63. The van der Waals surface area contributed by atoms with E-state index >= 15 is 0 Å². The van der Waals surface area contributed by atoms with E-state index in [9.17, 15) is 8.42 Å². The smallest absolute Gasteiger partial charge is 0.251 e. The Labute approximate surface area is 107 Å². The number of sulfonamides is 1. The maximum absolute atomic E-state index is 12.3. The van der Waals surface area contributed by atoms with Gasteiger partial charge < -0.3 is 5.73 Å². The molecule has 0 bridgehead atoms. The number of nitrogen functional groups attached to an aromatic ring is 1. The van der Waals surface area contributed by atoms with Gasteiger partial charge in [-0.1, -0.05) is 0 Å². The van der Waals surface area contributed by atoms with Gasteiger partial charge in [-0.3, -0.25) is 4.31 Å². The summed E-state index contributed by atoms with van der Waals surface area (Å²) in [5.74, 6) is 0. The summed E-state index contributed by atoms with van der Waals surface area (Å²) < 4.78 is 25.9. The van der Waals surface area contributed by atoms with E-state index in [1.807, 2.05) is 6.92 Å². The van der Waals surface area contributed by atoms with Crippen molar-refractivity contribution >= 4 is 21.4 Å². The number of nitriles is 1. The first-order valence-electron chi connectivity index (χ1n) is 5.69. The lowest BCUT2D eigenvalue weighted by Crippen LogP contribution is -2.40. The Balaban J connectivity index is 2.53. The van der Waals surface area contributed by atoms with Crippen LogP contribution < -0.4 is 10.0 Å². The first kappa shape index (κ1) is 12.7. The second-order valence-electron chi connectivity index (χ2n) is 4.55. The molecule has 2 N–H and O–H groups in total. The van der Waals surface area contributed by atoms with Crippen LogP contribution in [0.5, 0.6) is 0 Å². The SMILES string of the molecule is CC1Cc2cc(N)ccc2N1S(=O)(=O)C(C)C#N. The van der Waals surface area contributed by atoms with E-state index in [-0.39, 0.29) is 6.04 Å². The lowest BCUT2D eigenvalue weighted by atomic mass is 10.1. The van der Waals surface area contributed by atoms with E-state index in [0.717, 1.165) is 5.56 Å². The van der Waals surface area contributed by atoms with Gasteiger partial charge in [-0.05, 0) is 44.0 Å². The van der Waals surface area contributed by atoms with Gasteiger partial charge >= 0.3 is 0 Å². The number of hydrogen-bond donors (Lipinski definition) is 1. The van der Waals surface area contributed by atoms with Crippen LogP contribution in [0.25, 0.3) is 0 Å². The number of rotatable bonds is 2. The monoisotopic (exact) mass is 265 g/mol. The highest BCUT2D eigenvalue weighted by atomic mass is 32.2. The minimum Gasteiger partial charge on any atom is -0.399 e. The van der Waals surface area contributed by atoms with Crippen LogP contribution in [0.4, 0.5) is 11.4 Å². The van der Waals surface area contributed by atoms with Crippen LogP contribution in [0.1, 0.15) is 19.4 Å². The van der Waals surface area contributed by atoms with Crippen molar-refractivity contribution in [2.24, 2.45) is 0 Å². The van der Waals surface area contributed by atoms with Gasteiger partial charge in [0.2, 0.25) is 0 Å². The van der Waals surface area contributed by atoms with Crippen LogP contribution in [0.15, 0.2) is 18.2 Å². The zero-order valence-corrected chi connectivity index (χ0v) is 11.1. The summed E-state index contributed by atoms with van der Waals surface area (Å²) in [5.41, 5.74) is 7.87. The molecule has 0 fully saturated rings. The van der Waals surface area contributed by atoms with Crippen LogP contribution in [0.3, 0.4) is 0 Å². The van der Waals surface area contributed by atoms with Gasteiger partial charge in [-0.2, -0.15) is 5.26 Å². The van der Waals surface area contributed by atoms with Crippen molar-refractivity contribution in [3.63, 3.8) is 0 Å². The fraction of sp³-hybridized carbons (Fsp3) is 0.417. The second kappa shape index (κ2) is 4.18. The number of fused-ring (bicyclic) bond motifs is 1. The normalized spacial score (nSPS) is 20.3. The van der Waals surface area contributed by atoms with Crippen LogP contribution >= 0.6 is 0 Å². The molecule has 0 radical (unpaired) electrons. The summed E-state index contributed by atoms with van der Waals surface area (Å²) in [6.45, 7) is 3.23. The Morgan fingerprint density at radius 3 is 2.83 bits per heavy atom. The van der Waals surface area contributed by atoms with Crippen LogP contribution in [-0.2, 0) is 16.4 Å². The van der Waals surface area contributed by atoms with Gasteiger partial charge in [-0.15, -0.1) is 0 Å². The molecule has 0 aromatic heterocycles. The first-order valence-corrected chi connectivity index (χ1v) is 7.19. The van der Waals surface area contributed by atoms with Gasteiger partial charge in [0, 0.05) is 11.7 Å². The second-order valence-corrected chi connectivity index (χ2v) is 6.68. The zero-order valence-electron chi connectivity index (χ0n) is 10.3. The molecule has 6 heteroatoms. The van der Waals surface area contributed by atoms with Gasteiger partial charge in [0.1, 0.15) is 0 Å². The average Bonchev–Trinajstić information content (AvgIpc) is 2.63. The van der Waals surface area contributed by atoms with Crippen LogP contribution in [0, 0.1) is 11.3 Å². The van der Waals surface area contributed by atoms with Crippen LogP contribution in [0.2, 0.25) is 0 Å². The predicted molar refractivity (Wildman–Crippen MR) is 70.5 cm³/mol. The molecule has 0 saturated carbocycles. The topological polar surface area (TPSA) is 87.2 Å². The minimum atomic E-state index is -3.63. The molecule has 18 heavy (non-hydrogen) atoms. The van der Waals surface area contributed by atoms with Crippen LogP contribution in [-0.4, -0.2) is 19.7 Å². The molecule has 0 aliphatic carbocycles. The molecule has 2 atom stereocenters. The summed E-state index contributed by atoms with van der Waals surface area (Å²) in [5, 5.41) is 7.78. The molecule has 1 aromatic rings. The largest absolute Gasteiger partial charge is 0.399 e. The van der Waals surface area contributed by atoms with E-state index in [4.69, 9.17) is 11.0 Å². The molecule has 2 unspecified atom stereocenters. The van der Waals surface area contributed by atoms with Gasteiger partial charge in [-0.25, -0.2) is 8.42 Å². The third kappa shape index (κ3) is 1.81. The lowest BCUT2D eigenvalue weighted by Gasteiger charge is -2.25. The predicted octanol–water partition coefficient (Wildman–Crippen LogP) is 1.26. The van der Waals surface area contributed by atoms with E-state index < -0.39 is 15.3 Å². The highest BCUT2D eigenvalue weighted by Gasteiger charge is 2.38. The quantitative estimate of drug-likeness (QED) is 0.815. The Hall–Kier alpha value is -1.74. The maximum Gasteiger partial charge on any atom is 0.251 e. The Kier molecular flexibility index (Phi) is 2.95. The molecule has 2 rings (SSSR count). The fourth-order valence-corrected chi connectivity index (χ4v) is 3.75. The molecule has 5 nitrogen and oxygen atoms in total. The standard InChI is InChI=1S/C12H15N3O2S/c1-8-5-10-6-11(14)3-4-12(10)15(8)18(16,17)9(2)7-13/h3-4,6,8-9H,5,14H2,1-2H3. The van der Waals surface area contributed by atoms with Crippen molar-refractivity contribution < 1.29 is 8.42 Å². The van der Waals surface area contributed by atoms with Crippen molar-refractivity contribution in [1.82, 2.24) is 0 Å². The molecule has 96 valence electrons. The third-order valence-electron chi connectivity index (χ3n) is 3.16. The number of anilines is 2. The molecular formula is C12H15N3O2S. The Morgan fingerprint density at radius 1 is 1.56 bits per heavy atom. The van der Waals surface area contributed by atoms with E-state index in [2.05, 4.69) is 0 Å². The Bertz CT molecular complexity index is 619. The molecule has 0 saturated heterocycles. The number of nitrogens with zero attached hydrogens (tertiary/aromatic N) is 2. The number of benzene rings is 1. The van der Waals surface area contributed by atoms with Gasteiger partial charge in [0.05, 0.1) is 11.8 Å². The lowest BCUT2D eigenvalue weighted by molar-refractivity contribution is 0.580. The molecule has 1 heterocycles. The van der Waals surface area contributed by atoms with Crippen molar-refractivity contribution in [2.45, 2.75) is 31.6 Å². The molecule has 0 spiro atoms. The Morgan fingerprint density at radius 2 is 2.22 bits per heavy atom. The maximum atomic E-state index is 12.3. The summed E-state index contributed by atoms with van der Waals surface area (Å²) in [4.78, 5) is 0. The summed E-state index contributed by atoms with van der Waals surface area (Å²) in [6, 6.07) is 6.78. The highest BCUT2D eigenvalue weighted by Crippen LogP contribution is 2.36. The fourth-order valence-electron chi connectivity index (χ4n) is 2.25. The summed E-state index contributed by atoms with van der Waals surface area (Å²) >= 11 is 0. The van der Waals surface area contributed by atoms with Gasteiger partial charge in [0.25, 0.3) is 10.0 Å². The number of nitrogens with two attached hydrogens (primary N) is 1. The molecule has 1 aromatic carbocycles. The first-order chi connectivity index (χ1) is 8.37. The van der Waals surface area contributed by atoms with Crippen molar-refractivity contribution in [3.8, 4) is 6.07 Å². The van der Waals surface area contributed by atoms with Crippen molar-refractivity contribution in [3.05, 3.63) is 23.8 Å². The van der Waals surface area contributed by atoms with Gasteiger partial charge in [0.15, 0.2) is 5.25 Å². The minimum absolute atomic E-state index is 0.178. The van der Waals surface area contributed by atoms with E-state index in [1.165, 1.54) is 11.2 Å².